The summed E-state index contributed by atoms with van der Waals surface area (Å²) in [5, 5.41) is 6.99. The number of hydrogen-bond donors (Lipinski definition) is 2. The lowest BCUT2D eigenvalue weighted by atomic mass is 10.3. The van der Waals surface area contributed by atoms with E-state index in [4.69, 9.17) is 22.5 Å². The first-order valence-electron chi connectivity index (χ1n) is 5.07. The zero-order valence-electron chi connectivity index (χ0n) is 9.30. The Kier molecular flexibility index (Phi) is 3.34. The molecule has 0 fully saturated rings. The number of nitrogens with one attached hydrogen (secondary N) is 1. The third kappa shape index (κ3) is 3.01. The topological polar surface area (TPSA) is 77.0 Å². The minimum absolute atomic E-state index is 0.282. The standard InChI is InChI=1S/C11H12N4OS/c1-7-4-9(16-15-7)6-14-8-2-3-13-10(5-8)11(12)17/h2-5H,6H2,1H3,(H2,12,17)(H,13,14). The van der Waals surface area contributed by atoms with E-state index in [-0.39, 0.29) is 4.99 Å². The zero-order valence-corrected chi connectivity index (χ0v) is 10.1. The lowest BCUT2D eigenvalue weighted by Gasteiger charge is -2.05. The number of anilines is 1. The number of nitrogens with two attached hydrogens (primary N) is 1. The average molecular weight is 248 g/mol. The summed E-state index contributed by atoms with van der Waals surface area (Å²) in [6.45, 7) is 2.44. The molecule has 0 atom stereocenters. The van der Waals surface area contributed by atoms with Crippen molar-refractivity contribution in [1.29, 1.82) is 0 Å². The van der Waals surface area contributed by atoms with Crippen molar-refractivity contribution in [3.63, 3.8) is 0 Å². The monoisotopic (exact) mass is 248 g/mol. The molecule has 0 aliphatic rings. The molecule has 2 heterocycles. The number of thiocarbonyl (C=S) groups is 1. The van der Waals surface area contributed by atoms with E-state index >= 15 is 0 Å². The Bertz CT molecular complexity index is 538. The maximum atomic E-state index is 5.51. The van der Waals surface area contributed by atoms with Gasteiger partial charge in [0, 0.05) is 18.0 Å². The van der Waals surface area contributed by atoms with Gasteiger partial charge in [-0.1, -0.05) is 17.4 Å². The van der Waals surface area contributed by atoms with E-state index < -0.39 is 0 Å². The van der Waals surface area contributed by atoms with Gasteiger partial charge in [0.1, 0.15) is 4.99 Å². The highest BCUT2D eigenvalue weighted by molar-refractivity contribution is 7.80. The summed E-state index contributed by atoms with van der Waals surface area (Å²) in [7, 11) is 0. The predicted molar refractivity (Wildman–Crippen MR) is 68.7 cm³/mol. The van der Waals surface area contributed by atoms with E-state index in [9.17, 15) is 0 Å². The third-order valence-corrected chi connectivity index (χ3v) is 2.37. The zero-order chi connectivity index (χ0) is 12.3. The van der Waals surface area contributed by atoms with E-state index in [1.54, 1.807) is 12.3 Å². The van der Waals surface area contributed by atoms with Crippen molar-refractivity contribution < 1.29 is 4.52 Å². The van der Waals surface area contributed by atoms with E-state index in [1.165, 1.54) is 0 Å². The van der Waals surface area contributed by atoms with Crippen LogP contribution in [0.1, 0.15) is 17.1 Å². The highest BCUT2D eigenvalue weighted by Crippen LogP contribution is 2.10. The van der Waals surface area contributed by atoms with Crippen LogP contribution in [0.5, 0.6) is 0 Å². The summed E-state index contributed by atoms with van der Waals surface area (Å²) in [5.74, 6) is 0.774. The normalized spacial score (nSPS) is 10.2. The van der Waals surface area contributed by atoms with Crippen LogP contribution in [0.2, 0.25) is 0 Å². The summed E-state index contributed by atoms with van der Waals surface area (Å²) in [4.78, 5) is 4.34. The molecule has 0 spiro atoms. The Morgan fingerprint density at radius 1 is 1.53 bits per heavy atom. The molecule has 0 amide bonds. The average Bonchev–Trinajstić information content (AvgIpc) is 2.73. The first kappa shape index (κ1) is 11.5. The van der Waals surface area contributed by atoms with Crippen LogP contribution in [0.25, 0.3) is 0 Å². The van der Waals surface area contributed by atoms with Crippen molar-refractivity contribution >= 4 is 22.9 Å². The number of aryl methyl sites for hydroxylation is 1. The van der Waals surface area contributed by atoms with Crippen LogP contribution >= 0.6 is 12.2 Å². The molecule has 6 heteroatoms. The van der Waals surface area contributed by atoms with Crippen LogP contribution in [0.15, 0.2) is 28.9 Å². The molecule has 0 aliphatic carbocycles. The van der Waals surface area contributed by atoms with E-state index in [2.05, 4.69) is 15.5 Å². The third-order valence-electron chi connectivity index (χ3n) is 2.16. The molecule has 2 aromatic heterocycles. The molecule has 0 radical (unpaired) electrons. The van der Waals surface area contributed by atoms with Crippen molar-refractivity contribution in [3.05, 3.63) is 41.5 Å². The molecule has 0 unspecified atom stereocenters. The minimum Gasteiger partial charge on any atom is -0.388 e. The van der Waals surface area contributed by atoms with Crippen LogP contribution in [0.4, 0.5) is 5.69 Å². The second-order valence-corrected chi connectivity index (χ2v) is 4.02. The molecule has 0 aliphatic heterocycles. The van der Waals surface area contributed by atoms with Gasteiger partial charge in [0.05, 0.1) is 17.9 Å². The van der Waals surface area contributed by atoms with Crippen molar-refractivity contribution in [1.82, 2.24) is 10.1 Å². The molecule has 88 valence electrons. The van der Waals surface area contributed by atoms with Gasteiger partial charge in [0.15, 0.2) is 5.76 Å². The van der Waals surface area contributed by atoms with E-state index in [0.717, 1.165) is 17.1 Å². The minimum atomic E-state index is 0.282. The molecule has 5 nitrogen and oxygen atoms in total. The second-order valence-electron chi connectivity index (χ2n) is 3.58. The Morgan fingerprint density at radius 3 is 3.00 bits per heavy atom. The van der Waals surface area contributed by atoms with Gasteiger partial charge in [0.25, 0.3) is 0 Å². The molecule has 0 saturated heterocycles. The van der Waals surface area contributed by atoms with E-state index in [1.807, 2.05) is 19.1 Å². The molecule has 3 N–H and O–H groups in total. The fraction of sp³-hybridized carbons (Fsp3) is 0.182. The van der Waals surface area contributed by atoms with Gasteiger partial charge in [-0.15, -0.1) is 0 Å². The van der Waals surface area contributed by atoms with Gasteiger partial charge in [-0.25, -0.2) is 0 Å². The maximum Gasteiger partial charge on any atom is 0.156 e. The van der Waals surface area contributed by atoms with Crippen molar-refractivity contribution in [2.24, 2.45) is 5.73 Å². The summed E-state index contributed by atoms with van der Waals surface area (Å²) >= 11 is 4.86. The van der Waals surface area contributed by atoms with Crippen LogP contribution in [0.3, 0.4) is 0 Å². The quantitative estimate of drug-likeness (QED) is 0.801. The molecule has 2 aromatic rings. The van der Waals surface area contributed by atoms with Crippen LogP contribution in [-0.4, -0.2) is 15.1 Å². The highest BCUT2D eigenvalue weighted by atomic mass is 32.1. The smallest absolute Gasteiger partial charge is 0.156 e. The van der Waals surface area contributed by atoms with Crippen LogP contribution in [-0.2, 0) is 6.54 Å². The molecule has 2 rings (SSSR count). The predicted octanol–water partition coefficient (Wildman–Crippen LogP) is 1.62. The van der Waals surface area contributed by atoms with Crippen LogP contribution < -0.4 is 11.1 Å². The number of aromatic nitrogens is 2. The van der Waals surface area contributed by atoms with Gasteiger partial charge in [-0.3, -0.25) is 4.98 Å². The SMILES string of the molecule is Cc1cc(CNc2ccnc(C(N)=S)c2)on1. The van der Waals surface area contributed by atoms with Gasteiger partial charge in [-0.2, -0.15) is 0 Å². The number of pyridine rings is 1. The largest absolute Gasteiger partial charge is 0.388 e. The Labute approximate surface area is 104 Å². The number of rotatable bonds is 4. The second kappa shape index (κ2) is 4.92. The lowest BCUT2D eigenvalue weighted by molar-refractivity contribution is 0.384. The Hall–Kier alpha value is -1.95. The Morgan fingerprint density at radius 2 is 2.35 bits per heavy atom. The first-order valence-corrected chi connectivity index (χ1v) is 5.48. The fourth-order valence-corrected chi connectivity index (χ4v) is 1.48. The molecular weight excluding hydrogens is 236 g/mol. The fourth-order valence-electron chi connectivity index (χ4n) is 1.36. The number of hydrogen-bond acceptors (Lipinski definition) is 5. The molecule has 0 aromatic carbocycles. The van der Waals surface area contributed by atoms with Crippen molar-refractivity contribution in [2.75, 3.05) is 5.32 Å². The lowest BCUT2D eigenvalue weighted by Crippen LogP contribution is -2.11. The van der Waals surface area contributed by atoms with Crippen molar-refractivity contribution in [2.45, 2.75) is 13.5 Å². The van der Waals surface area contributed by atoms with Crippen molar-refractivity contribution in [3.8, 4) is 0 Å². The molecule has 0 bridgehead atoms. The summed E-state index contributed by atoms with van der Waals surface area (Å²) in [5.41, 5.74) is 7.85. The summed E-state index contributed by atoms with van der Waals surface area (Å²) in [6.07, 6.45) is 1.66. The summed E-state index contributed by atoms with van der Waals surface area (Å²) in [6, 6.07) is 5.51. The highest BCUT2D eigenvalue weighted by Gasteiger charge is 2.02. The first-order chi connectivity index (χ1) is 8.15. The van der Waals surface area contributed by atoms with Gasteiger partial charge >= 0.3 is 0 Å². The Balaban J connectivity index is 2.04. The maximum absolute atomic E-state index is 5.51. The van der Waals surface area contributed by atoms with Gasteiger partial charge < -0.3 is 15.6 Å². The van der Waals surface area contributed by atoms with Crippen LogP contribution in [0, 0.1) is 6.92 Å². The molecule has 17 heavy (non-hydrogen) atoms. The summed E-state index contributed by atoms with van der Waals surface area (Å²) < 4.78 is 5.09. The van der Waals surface area contributed by atoms with E-state index in [0.29, 0.717) is 12.2 Å². The number of nitrogens with zero attached hydrogens (tertiary/aromatic N) is 2. The van der Waals surface area contributed by atoms with Gasteiger partial charge in [-0.05, 0) is 19.1 Å². The molecular formula is C11H12N4OS. The van der Waals surface area contributed by atoms with Gasteiger partial charge in [0.2, 0.25) is 0 Å². The molecule has 0 saturated carbocycles.